The van der Waals surface area contributed by atoms with Crippen LogP contribution in [0.1, 0.15) is 36.2 Å². The zero-order chi connectivity index (χ0) is 17.2. The maximum atomic E-state index is 12.7. The molecule has 1 atom stereocenters. The number of hydrogen-bond donors (Lipinski definition) is 1. The fourth-order valence-electron chi connectivity index (χ4n) is 3.05. The third kappa shape index (κ3) is 3.10. The fraction of sp³-hybridized carbons (Fsp3) is 0.300. The van der Waals surface area contributed by atoms with Crippen molar-refractivity contribution in [3.05, 3.63) is 71.8 Å². The molecule has 0 bridgehead atoms. The molecule has 2 amide bonds. The minimum atomic E-state index is -0.612. The van der Waals surface area contributed by atoms with E-state index in [4.69, 9.17) is 0 Å². The van der Waals surface area contributed by atoms with Gasteiger partial charge in [-0.1, -0.05) is 48.5 Å². The first-order chi connectivity index (χ1) is 11.5. The molecule has 0 saturated carbocycles. The van der Waals surface area contributed by atoms with Gasteiger partial charge in [0.15, 0.2) is 0 Å². The molecule has 124 valence electrons. The highest BCUT2D eigenvalue weighted by Crippen LogP contribution is 2.32. The number of nitrogens with one attached hydrogen (secondary N) is 1. The van der Waals surface area contributed by atoms with E-state index in [0.717, 1.165) is 12.8 Å². The Morgan fingerprint density at radius 2 is 1.62 bits per heavy atom. The number of imide groups is 1. The minimum Gasteiger partial charge on any atom is -0.272 e. The Kier molecular flexibility index (Phi) is 4.49. The first-order valence-electron chi connectivity index (χ1n) is 8.24. The summed E-state index contributed by atoms with van der Waals surface area (Å²) in [5.74, 6) is -0.467. The summed E-state index contributed by atoms with van der Waals surface area (Å²) in [7, 11) is 0. The van der Waals surface area contributed by atoms with Crippen molar-refractivity contribution >= 4 is 11.8 Å². The summed E-state index contributed by atoms with van der Waals surface area (Å²) in [5, 5.41) is 1.19. The third-order valence-corrected chi connectivity index (χ3v) is 4.70. The Hall–Kier alpha value is -2.46. The van der Waals surface area contributed by atoms with E-state index in [0.29, 0.717) is 5.56 Å². The lowest BCUT2D eigenvalue weighted by Gasteiger charge is -2.22. The molecule has 0 spiro atoms. The molecule has 1 fully saturated rings. The average Bonchev–Trinajstić information content (AvgIpc) is 2.84. The van der Waals surface area contributed by atoms with Gasteiger partial charge in [-0.2, -0.15) is 0 Å². The van der Waals surface area contributed by atoms with Gasteiger partial charge in [-0.3, -0.25) is 9.59 Å². The first kappa shape index (κ1) is 16.4. The van der Waals surface area contributed by atoms with Gasteiger partial charge in [0.1, 0.15) is 0 Å². The van der Waals surface area contributed by atoms with Gasteiger partial charge in [0.05, 0.1) is 5.41 Å². The fourth-order valence-corrected chi connectivity index (χ4v) is 3.05. The first-order valence-corrected chi connectivity index (χ1v) is 8.24. The summed E-state index contributed by atoms with van der Waals surface area (Å²) in [6.07, 6.45) is 1.66. The van der Waals surface area contributed by atoms with Gasteiger partial charge < -0.3 is 0 Å². The lowest BCUT2D eigenvalue weighted by Crippen LogP contribution is -2.42. The monoisotopic (exact) mass is 322 g/mol. The summed E-state index contributed by atoms with van der Waals surface area (Å²) in [6.45, 7) is 3.80. The van der Waals surface area contributed by atoms with Crippen molar-refractivity contribution in [1.29, 1.82) is 0 Å². The van der Waals surface area contributed by atoms with Crippen molar-refractivity contribution in [2.24, 2.45) is 5.41 Å². The van der Waals surface area contributed by atoms with E-state index < -0.39 is 5.41 Å². The van der Waals surface area contributed by atoms with E-state index in [9.17, 15) is 9.59 Å². The van der Waals surface area contributed by atoms with Gasteiger partial charge in [-0.05, 0) is 44.4 Å². The van der Waals surface area contributed by atoms with E-state index >= 15 is 0 Å². The SMILES string of the molecule is CC1(C)C(=O)N(C(=O)c2ccccc2)NC1CCc1ccccc1. The molecule has 2 aromatic carbocycles. The normalized spacial score (nSPS) is 19.5. The van der Waals surface area contributed by atoms with E-state index in [1.165, 1.54) is 10.6 Å². The summed E-state index contributed by atoms with van der Waals surface area (Å²) >= 11 is 0. The molecule has 1 N–H and O–H groups in total. The molecule has 2 aromatic rings. The predicted octanol–water partition coefficient (Wildman–Crippen LogP) is 3.20. The van der Waals surface area contributed by atoms with Crippen molar-refractivity contribution in [1.82, 2.24) is 10.4 Å². The van der Waals surface area contributed by atoms with E-state index in [2.05, 4.69) is 17.6 Å². The number of carbonyl (C=O) groups is 2. The molecule has 0 aliphatic carbocycles. The Bertz CT molecular complexity index is 726. The van der Waals surface area contributed by atoms with Gasteiger partial charge >= 0.3 is 0 Å². The smallest absolute Gasteiger partial charge is 0.272 e. The molecule has 1 heterocycles. The average molecular weight is 322 g/mol. The largest absolute Gasteiger partial charge is 0.275 e. The molecule has 1 aliphatic rings. The molecule has 0 radical (unpaired) electrons. The van der Waals surface area contributed by atoms with Crippen LogP contribution in [0.4, 0.5) is 0 Å². The second kappa shape index (κ2) is 6.57. The number of benzene rings is 2. The maximum absolute atomic E-state index is 12.7. The highest BCUT2D eigenvalue weighted by atomic mass is 16.2. The van der Waals surface area contributed by atoms with Gasteiger partial charge in [0.25, 0.3) is 11.8 Å². The lowest BCUT2D eigenvalue weighted by atomic mass is 9.82. The van der Waals surface area contributed by atoms with Crippen LogP contribution in [0.25, 0.3) is 0 Å². The van der Waals surface area contributed by atoms with Crippen LogP contribution in [0.2, 0.25) is 0 Å². The second-order valence-electron chi connectivity index (χ2n) is 6.74. The molecule has 24 heavy (non-hydrogen) atoms. The van der Waals surface area contributed by atoms with E-state index in [1.54, 1.807) is 24.3 Å². The number of aryl methyl sites for hydroxylation is 1. The van der Waals surface area contributed by atoms with Crippen LogP contribution in [0.15, 0.2) is 60.7 Å². The number of hydrazine groups is 1. The molecule has 1 unspecified atom stereocenters. The van der Waals surface area contributed by atoms with Crippen LogP contribution in [0.5, 0.6) is 0 Å². The Labute approximate surface area is 142 Å². The summed E-state index contributed by atoms with van der Waals surface area (Å²) in [6, 6.07) is 19.0. The summed E-state index contributed by atoms with van der Waals surface area (Å²) < 4.78 is 0. The lowest BCUT2D eigenvalue weighted by molar-refractivity contribution is -0.133. The summed E-state index contributed by atoms with van der Waals surface area (Å²) in [5.41, 5.74) is 4.27. The minimum absolute atomic E-state index is 0.0714. The van der Waals surface area contributed by atoms with Crippen LogP contribution in [0.3, 0.4) is 0 Å². The second-order valence-corrected chi connectivity index (χ2v) is 6.74. The number of rotatable bonds is 4. The quantitative estimate of drug-likeness (QED) is 0.880. The highest BCUT2D eigenvalue weighted by molar-refractivity contribution is 6.06. The summed E-state index contributed by atoms with van der Waals surface area (Å²) in [4.78, 5) is 25.3. The van der Waals surface area contributed by atoms with Crippen LogP contribution in [0, 0.1) is 5.41 Å². The number of amides is 2. The predicted molar refractivity (Wildman–Crippen MR) is 93.1 cm³/mol. The van der Waals surface area contributed by atoms with E-state index in [-0.39, 0.29) is 17.9 Å². The molecule has 1 saturated heterocycles. The molecular weight excluding hydrogens is 300 g/mol. The van der Waals surface area contributed by atoms with Gasteiger partial charge in [0, 0.05) is 11.6 Å². The Morgan fingerprint density at radius 3 is 2.25 bits per heavy atom. The van der Waals surface area contributed by atoms with Crippen molar-refractivity contribution in [3.8, 4) is 0 Å². The van der Waals surface area contributed by atoms with Crippen LogP contribution in [-0.2, 0) is 11.2 Å². The molecular formula is C20H22N2O2. The topological polar surface area (TPSA) is 49.4 Å². The molecule has 4 heteroatoms. The number of hydrogen-bond acceptors (Lipinski definition) is 3. The maximum Gasteiger partial charge on any atom is 0.275 e. The number of carbonyl (C=O) groups excluding carboxylic acids is 2. The van der Waals surface area contributed by atoms with Crippen LogP contribution in [-0.4, -0.2) is 22.9 Å². The zero-order valence-electron chi connectivity index (χ0n) is 14.0. The van der Waals surface area contributed by atoms with Crippen molar-refractivity contribution < 1.29 is 9.59 Å². The Morgan fingerprint density at radius 1 is 1.04 bits per heavy atom. The van der Waals surface area contributed by atoms with Crippen molar-refractivity contribution in [2.75, 3.05) is 0 Å². The standard InChI is InChI=1S/C20H22N2O2/c1-20(2)17(14-13-15-9-5-3-6-10-15)21-22(19(20)24)18(23)16-11-7-4-8-12-16/h3-12,17,21H,13-14H2,1-2H3. The van der Waals surface area contributed by atoms with Crippen LogP contribution >= 0.6 is 0 Å². The highest BCUT2D eigenvalue weighted by Gasteiger charge is 2.49. The van der Waals surface area contributed by atoms with Crippen molar-refractivity contribution in [2.45, 2.75) is 32.7 Å². The van der Waals surface area contributed by atoms with Crippen molar-refractivity contribution in [3.63, 3.8) is 0 Å². The molecule has 3 rings (SSSR count). The molecule has 0 aromatic heterocycles. The third-order valence-electron chi connectivity index (χ3n) is 4.70. The molecule has 1 aliphatic heterocycles. The van der Waals surface area contributed by atoms with E-state index in [1.807, 2.05) is 38.1 Å². The number of nitrogens with zero attached hydrogens (tertiary/aromatic N) is 1. The van der Waals surface area contributed by atoms with Gasteiger partial charge in [-0.25, -0.2) is 10.4 Å². The molecule has 4 nitrogen and oxygen atoms in total. The zero-order valence-corrected chi connectivity index (χ0v) is 14.0. The van der Waals surface area contributed by atoms with Crippen LogP contribution < -0.4 is 5.43 Å². The Balaban J connectivity index is 1.73. The van der Waals surface area contributed by atoms with Gasteiger partial charge in [0.2, 0.25) is 0 Å². The van der Waals surface area contributed by atoms with Gasteiger partial charge in [-0.15, -0.1) is 0 Å².